The molecular formula is C103H170N2O35. The number of rotatable bonds is 108. The number of carbonyl (C=O) groups excluding carboxylic acids is 7. The summed E-state index contributed by atoms with van der Waals surface area (Å²) in [5.41, 5.74) is 1.49. The van der Waals surface area contributed by atoms with Gasteiger partial charge in [-0.05, 0) is 42.4 Å². The van der Waals surface area contributed by atoms with Gasteiger partial charge in [0.2, 0.25) is 5.91 Å². The van der Waals surface area contributed by atoms with E-state index in [0.29, 0.717) is 354 Å². The molecule has 3 amide bonds. The molecule has 1 aliphatic heterocycles. The van der Waals surface area contributed by atoms with E-state index in [1.165, 1.54) is 0 Å². The third-order valence-electron chi connectivity index (χ3n) is 21.2. The van der Waals surface area contributed by atoms with Crippen molar-refractivity contribution in [2.75, 3.05) is 324 Å². The smallest absolute Gasteiger partial charge is 0.335 e. The molecule has 140 heavy (non-hydrogen) atoms. The highest BCUT2D eigenvalue weighted by atomic mass is 16.7. The zero-order valence-electron chi connectivity index (χ0n) is 83.8. The average Bonchev–Trinajstić information content (AvgIpc) is 0.982. The summed E-state index contributed by atoms with van der Waals surface area (Å²) in [6.45, 7) is 21.3. The van der Waals surface area contributed by atoms with Crippen LogP contribution in [0.3, 0.4) is 0 Å². The largest absolute Gasteiger partial charge is 0.461 e. The summed E-state index contributed by atoms with van der Waals surface area (Å²) in [7, 11) is 0. The van der Waals surface area contributed by atoms with Crippen LogP contribution in [0.15, 0.2) is 91.0 Å². The molecule has 4 rings (SSSR count). The summed E-state index contributed by atoms with van der Waals surface area (Å²) < 4.78 is 150. The van der Waals surface area contributed by atoms with Gasteiger partial charge in [0.25, 0.3) is 11.8 Å². The Bertz CT molecular complexity index is 3220. The van der Waals surface area contributed by atoms with Crippen LogP contribution in [0.1, 0.15) is 177 Å². The van der Waals surface area contributed by atoms with Crippen LogP contribution in [0.4, 0.5) is 0 Å². The highest BCUT2D eigenvalue weighted by molar-refractivity contribution is 6.03. The first-order valence-electron chi connectivity index (χ1n) is 51.0. The van der Waals surface area contributed by atoms with Gasteiger partial charge < -0.3 is 138 Å². The van der Waals surface area contributed by atoms with E-state index in [-0.39, 0.29) is 70.1 Å². The van der Waals surface area contributed by atoms with Gasteiger partial charge in [-0.3, -0.25) is 28.8 Å². The zero-order valence-corrected chi connectivity index (χ0v) is 83.8. The number of carbonyl (C=O) groups is 7. The standard InChI is InChI=1S/C103H170N2O35/c106-96-36-37-97(107)105(96)140-100(110)38-42-113-44-46-115-48-50-117-52-54-119-56-58-121-60-62-123-64-66-125-68-70-127-72-74-129-76-78-131-80-82-133-84-86-135-88-89-136-87-85-134-83-81-132-79-77-130-75-73-128-71-69-126-67-65-124-63-61-122-59-57-120-55-53-118-51-49-116-47-45-114-43-41-104-101(111)103(102(112)139-92-95-32-22-17-23-33-95,39-26-13-9-5-1-3-7-11-24-34-98(108)137-90-93-28-18-15-19-29-93)40-27-14-10-6-2-4-8-12-25-35-99(109)138-91-94-30-20-16-21-31-94/h15-23,28-33H,1-14,24-27,34-92H2,(H,104,111). The van der Waals surface area contributed by atoms with Gasteiger partial charge in [-0.15, -0.1) is 5.06 Å². The number of hydrogen-bond acceptors (Lipinski definition) is 35. The van der Waals surface area contributed by atoms with Crippen LogP contribution in [0.2, 0.25) is 0 Å². The van der Waals surface area contributed by atoms with Crippen LogP contribution in [-0.4, -0.2) is 370 Å². The molecule has 0 radical (unpaired) electrons. The molecule has 0 unspecified atom stereocenters. The first kappa shape index (κ1) is 125. The molecule has 3 aromatic carbocycles. The van der Waals surface area contributed by atoms with Gasteiger partial charge in [-0.25, -0.2) is 4.79 Å². The molecule has 1 heterocycles. The van der Waals surface area contributed by atoms with Gasteiger partial charge in [0.05, 0.1) is 324 Å². The maximum absolute atomic E-state index is 14.5. The Morgan fingerprint density at radius 1 is 0.229 bits per heavy atom. The van der Waals surface area contributed by atoms with Crippen molar-refractivity contribution in [3.05, 3.63) is 108 Å². The Kier molecular flexibility index (Phi) is 86.9. The SMILES string of the molecule is O=C(CCCCCCCCCCCC(CCCCCCCCCCCC(=O)OCc1ccccc1)(C(=O)NCCOCCOCCOCCOCCOCCOCCOCCOCCOCCOCCOCCOCCOCCOCCOCCOCCOCCOCCOCCOCCOCCOCCOCCOCCC(=O)ON1C(=O)CCC1=O)C(=O)OCc1ccccc1)OCc1ccccc1. The number of esters is 3. The number of unbranched alkanes of at least 4 members (excludes halogenated alkanes) is 16. The van der Waals surface area contributed by atoms with E-state index >= 15 is 0 Å². The van der Waals surface area contributed by atoms with Crippen molar-refractivity contribution in [2.45, 2.75) is 180 Å². The molecule has 37 heteroatoms. The molecule has 0 atom stereocenters. The minimum atomic E-state index is -1.35. The Morgan fingerprint density at radius 2 is 0.429 bits per heavy atom. The zero-order chi connectivity index (χ0) is 99.4. The van der Waals surface area contributed by atoms with E-state index in [1.807, 2.05) is 91.0 Å². The third kappa shape index (κ3) is 77.7. The second kappa shape index (κ2) is 96.9. The monoisotopic (exact) mass is 2000 g/mol. The van der Waals surface area contributed by atoms with Crippen molar-refractivity contribution < 1.29 is 166 Å². The fourth-order valence-electron chi connectivity index (χ4n) is 13.5. The summed E-state index contributed by atoms with van der Waals surface area (Å²) >= 11 is 0. The van der Waals surface area contributed by atoms with Gasteiger partial charge in [0, 0.05) is 32.2 Å². The second-order valence-electron chi connectivity index (χ2n) is 32.5. The summed E-state index contributed by atoms with van der Waals surface area (Å²) in [5, 5.41) is 3.59. The molecule has 0 spiro atoms. The number of imide groups is 1. The summed E-state index contributed by atoms with van der Waals surface area (Å²) in [4.78, 5) is 93.0. The van der Waals surface area contributed by atoms with E-state index in [2.05, 4.69) is 5.32 Å². The quantitative estimate of drug-likeness (QED) is 0.0180. The highest BCUT2D eigenvalue weighted by Gasteiger charge is 2.46. The number of benzene rings is 3. The average molecular weight is 2000 g/mol. The summed E-state index contributed by atoms with van der Waals surface area (Å²) in [5.74, 6) is -2.86. The van der Waals surface area contributed by atoms with E-state index in [1.54, 1.807) is 0 Å². The summed E-state index contributed by atoms with van der Waals surface area (Å²) in [6.07, 6.45) is 19.1. The Hall–Kier alpha value is -6.81. The Morgan fingerprint density at radius 3 is 0.664 bits per heavy atom. The van der Waals surface area contributed by atoms with Crippen molar-refractivity contribution >= 4 is 41.6 Å². The van der Waals surface area contributed by atoms with Gasteiger partial charge in [-0.1, -0.05) is 194 Å². The minimum absolute atomic E-state index is 0.0479. The fourth-order valence-corrected chi connectivity index (χ4v) is 13.5. The lowest BCUT2D eigenvalue weighted by Gasteiger charge is -2.31. The molecule has 1 saturated heterocycles. The maximum Gasteiger partial charge on any atom is 0.335 e. The summed E-state index contributed by atoms with van der Waals surface area (Å²) in [6, 6.07) is 29.0. The molecule has 37 nitrogen and oxygen atoms in total. The molecule has 802 valence electrons. The molecule has 0 aromatic heterocycles. The lowest BCUT2D eigenvalue weighted by molar-refractivity contribution is -0.198. The third-order valence-corrected chi connectivity index (χ3v) is 21.2. The van der Waals surface area contributed by atoms with E-state index < -0.39 is 29.2 Å². The van der Waals surface area contributed by atoms with E-state index in [4.69, 9.17) is 133 Å². The van der Waals surface area contributed by atoms with Crippen molar-refractivity contribution in [1.82, 2.24) is 10.4 Å². The predicted octanol–water partition coefficient (Wildman–Crippen LogP) is 11.3. The lowest BCUT2D eigenvalue weighted by Crippen LogP contribution is -2.48. The fraction of sp³-hybridized carbons (Fsp3) is 0.757. The number of ether oxygens (including phenoxy) is 27. The van der Waals surface area contributed by atoms with Crippen molar-refractivity contribution in [1.29, 1.82) is 0 Å². The van der Waals surface area contributed by atoms with Crippen LogP contribution >= 0.6 is 0 Å². The van der Waals surface area contributed by atoms with E-state index in [0.717, 1.165) is 119 Å². The van der Waals surface area contributed by atoms with Crippen LogP contribution in [-0.2, 0) is 186 Å². The molecule has 0 aliphatic carbocycles. The normalized spacial score (nSPS) is 12.2. The number of nitrogens with zero attached hydrogens (tertiary/aromatic N) is 1. The number of nitrogens with one attached hydrogen (secondary N) is 1. The highest BCUT2D eigenvalue weighted by Crippen LogP contribution is 2.35. The molecular weight excluding hydrogens is 1830 g/mol. The first-order chi connectivity index (χ1) is 69.2. The molecule has 1 fully saturated rings. The van der Waals surface area contributed by atoms with Crippen LogP contribution < -0.4 is 5.32 Å². The Balaban J connectivity index is 0.822. The molecule has 1 N–H and O–H groups in total. The van der Waals surface area contributed by atoms with Crippen LogP contribution in [0.5, 0.6) is 0 Å². The maximum atomic E-state index is 14.5. The molecule has 0 bridgehead atoms. The van der Waals surface area contributed by atoms with Crippen LogP contribution in [0, 0.1) is 5.41 Å². The van der Waals surface area contributed by atoms with Crippen molar-refractivity contribution in [3.8, 4) is 0 Å². The number of amides is 3. The van der Waals surface area contributed by atoms with Crippen LogP contribution in [0.25, 0.3) is 0 Å². The van der Waals surface area contributed by atoms with E-state index in [9.17, 15) is 33.6 Å². The molecule has 0 saturated carbocycles. The molecule has 3 aromatic rings. The lowest BCUT2D eigenvalue weighted by atomic mass is 9.76. The second-order valence-corrected chi connectivity index (χ2v) is 32.5. The first-order valence-corrected chi connectivity index (χ1v) is 51.0. The van der Waals surface area contributed by atoms with Gasteiger partial charge in [0.1, 0.15) is 25.2 Å². The predicted molar refractivity (Wildman–Crippen MR) is 517 cm³/mol. The number of hydroxylamine groups is 2. The van der Waals surface area contributed by atoms with Crippen molar-refractivity contribution in [2.24, 2.45) is 5.41 Å². The van der Waals surface area contributed by atoms with Gasteiger partial charge >= 0.3 is 23.9 Å². The molecule has 1 aliphatic rings. The van der Waals surface area contributed by atoms with Gasteiger partial charge in [0.15, 0.2) is 0 Å². The Labute approximate surface area is 831 Å². The topological polar surface area (TPSA) is 393 Å². The minimum Gasteiger partial charge on any atom is -0.461 e. The number of hydrogen-bond donors (Lipinski definition) is 1. The van der Waals surface area contributed by atoms with Gasteiger partial charge in [-0.2, -0.15) is 0 Å². The van der Waals surface area contributed by atoms with Crippen molar-refractivity contribution in [3.63, 3.8) is 0 Å².